The van der Waals surface area contributed by atoms with Gasteiger partial charge < -0.3 is 14.3 Å². The van der Waals surface area contributed by atoms with E-state index in [4.69, 9.17) is 9.15 Å². The summed E-state index contributed by atoms with van der Waals surface area (Å²) in [5.74, 6) is 0.754. The third kappa shape index (κ3) is 3.32. The van der Waals surface area contributed by atoms with E-state index in [1.54, 1.807) is 12.4 Å². The third-order valence-corrected chi connectivity index (χ3v) is 3.69. The monoisotopic (exact) mass is 347 g/mol. The second-order valence-corrected chi connectivity index (χ2v) is 5.58. The van der Waals surface area contributed by atoms with E-state index < -0.39 is 0 Å². The Balaban J connectivity index is 1.71. The predicted octanol–water partition coefficient (Wildman–Crippen LogP) is 3.80. The Morgan fingerprint density at radius 1 is 1.19 bits per heavy atom. The fourth-order valence-electron chi connectivity index (χ4n) is 2.14. The molecule has 3 rings (SSSR count). The number of nitrogens with zero attached hydrogens (tertiary/aromatic N) is 1. The lowest BCUT2D eigenvalue weighted by atomic mass is 10.2. The van der Waals surface area contributed by atoms with Crippen LogP contribution in [0.15, 0.2) is 51.6 Å². The van der Waals surface area contributed by atoms with Crippen LogP contribution in [0.3, 0.4) is 0 Å². The highest BCUT2D eigenvalue weighted by Gasteiger charge is 2.09. The molecular formula is C16H14BrNO3. The van der Waals surface area contributed by atoms with E-state index in [0.29, 0.717) is 13.2 Å². The summed E-state index contributed by atoms with van der Waals surface area (Å²) in [5.41, 5.74) is 2.64. The Morgan fingerprint density at radius 2 is 2.10 bits per heavy atom. The number of benzene rings is 1. The maximum absolute atomic E-state index is 9.21. The smallest absolute Gasteiger partial charge is 0.148 e. The average Bonchev–Trinajstić information content (AvgIpc) is 2.91. The van der Waals surface area contributed by atoms with Crippen LogP contribution in [-0.2, 0) is 24.6 Å². The lowest BCUT2D eigenvalue weighted by Gasteiger charge is -2.01. The molecule has 0 saturated heterocycles. The number of aliphatic hydroxyl groups is 1. The second kappa shape index (κ2) is 6.39. The fourth-order valence-corrected chi connectivity index (χ4v) is 2.74. The Morgan fingerprint density at radius 3 is 2.86 bits per heavy atom. The Labute approximate surface area is 130 Å². The summed E-state index contributed by atoms with van der Waals surface area (Å²) in [7, 11) is 0. The molecule has 0 aliphatic carbocycles. The highest BCUT2D eigenvalue weighted by molar-refractivity contribution is 9.10. The minimum atomic E-state index is 0.00651. The van der Waals surface area contributed by atoms with Crippen LogP contribution in [0.25, 0.3) is 11.0 Å². The van der Waals surface area contributed by atoms with Crippen molar-refractivity contribution in [2.24, 2.45) is 0 Å². The Kier molecular flexibility index (Phi) is 4.34. The van der Waals surface area contributed by atoms with Crippen LogP contribution in [0.2, 0.25) is 0 Å². The minimum absolute atomic E-state index is 0.00651. The van der Waals surface area contributed by atoms with Crippen LogP contribution in [0.4, 0.5) is 0 Å². The molecule has 0 aliphatic rings. The van der Waals surface area contributed by atoms with Gasteiger partial charge in [-0.3, -0.25) is 4.98 Å². The molecule has 2 aromatic heterocycles. The summed E-state index contributed by atoms with van der Waals surface area (Å²) in [6.45, 7) is 0.894. The quantitative estimate of drug-likeness (QED) is 0.762. The van der Waals surface area contributed by atoms with E-state index in [-0.39, 0.29) is 6.61 Å². The van der Waals surface area contributed by atoms with Crippen LogP contribution in [0.1, 0.15) is 16.9 Å². The molecule has 1 aromatic carbocycles. The summed E-state index contributed by atoms with van der Waals surface area (Å²) in [6, 6.07) is 9.55. The molecule has 1 N–H and O–H groups in total. The van der Waals surface area contributed by atoms with Crippen molar-refractivity contribution in [2.45, 2.75) is 19.8 Å². The van der Waals surface area contributed by atoms with Gasteiger partial charge in [-0.2, -0.15) is 0 Å². The predicted molar refractivity (Wildman–Crippen MR) is 82.6 cm³/mol. The molecule has 0 amide bonds. The number of fused-ring (bicyclic) bond motifs is 1. The molecule has 0 unspecified atom stereocenters. The molecule has 4 nitrogen and oxygen atoms in total. The van der Waals surface area contributed by atoms with Crippen molar-refractivity contribution in [3.63, 3.8) is 0 Å². The first-order chi connectivity index (χ1) is 10.3. The van der Waals surface area contributed by atoms with Crippen molar-refractivity contribution in [1.29, 1.82) is 0 Å². The molecule has 21 heavy (non-hydrogen) atoms. The van der Waals surface area contributed by atoms with Gasteiger partial charge in [-0.15, -0.1) is 0 Å². The van der Waals surface area contributed by atoms with Gasteiger partial charge in [-0.05, 0) is 51.3 Å². The molecular weight excluding hydrogens is 334 g/mol. The molecule has 0 aliphatic heterocycles. The van der Waals surface area contributed by atoms with Gasteiger partial charge in [0, 0.05) is 17.8 Å². The second-order valence-electron chi connectivity index (χ2n) is 4.72. The number of aliphatic hydroxyl groups excluding tert-OH is 1. The maximum Gasteiger partial charge on any atom is 0.148 e. The maximum atomic E-state index is 9.21. The average molecular weight is 348 g/mol. The lowest BCUT2D eigenvalue weighted by Crippen LogP contribution is -1.93. The SMILES string of the molecule is OCc1cc(Br)c2oc(COCc3cccnc3)cc2c1. The van der Waals surface area contributed by atoms with Gasteiger partial charge in [0.25, 0.3) is 0 Å². The Hall–Kier alpha value is -1.69. The molecule has 2 heterocycles. The standard InChI is InChI=1S/C16H14BrNO3/c17-15-5-12(8-19)4-13-6-14(21-16(13)15)10-20-9-11-2-1-3-18-7-11/h1-7,19H,8-10H2. The summed E-state index contributed by atoms with van der Waals surface area (Å²) in [6.07, 6.45) is 3.52. The molecule has 0 atom stereocenters. The zero-order valence-corrected chi connectivity index (χ0v) is 12.8. The van der Waals surface area contributed by atoms with Crippen molar-refractivity contribution >= 4 is 26.9 Å². The first-order valence-electron chi connectivity index (χ1n) is 6.54. The van der Waals surface area contributed by atoms with E-state index >= 15 is 0 Å². The van der Waals surface area contributed by atoms with Crippen LogP contribution in [0, 0.1) is 0 Å². The zero-order valence-electron chi connectivity index (χ0n) is 11.3. The molecule has 0 radical (unpaired) electrons. The molecule has 0 bridgehead atoms. The van der Waals surface area contributed by atoms with Crippen molar-refractivity contribution in [2.75, 3.05) is 0 Å². The number of hydrogen-bond donors (Lipinski definition) is 1. The van der Waals surface area contributed by atoms with Gasteiger partial charge in [0.05, 0.1) is 17.7 Å². The zero-order chi connectivity index (χ0) is 14.7. The highest BCUT2D eigenvalue weighted by Crippen LogP contribution is 2.29. The Bertz CT molecular complexity index is 740. The first-order valence-corrected chi connectivity index (χ1v) is 7.34. The highest BCUT2D eigenvalue weighted by atomic mass is 79.9. The number of rotatable bonds is 5. The molecule has 0 saturated carbocycles. The van der Waals surface area contributed by atoms with Crippen molar-refractivity contribution in [3.8, 4) is 0 Å². The number of furan rings is 1. The van der Waals surface area contributed by atoms with E-state index in [0.717, 1.165) is 32.3 Å². The van der Waals surface area contributed by atoms with Gasteiger partial charge in [0.1, 0.15) is 18.0 Å². The van der Waals surface area contributed by atoms with Crippen LogP contribution < -0.4 is 0 Å². The number of aromatic nitrogens is 1. The summed E-state index contributed by atoms with van der Waals surface area (Å²) >= 11 is 3.45. The normalized spacial score (nSPS) is 11.1. The van der Waals surface area contributed by atoms with E-state index in [2.05, 4.69) is 20.9 Å². The molecule has 0 fully saturated rings. The van der Waals surface area contributed by atoms with Gasteiger partial charge in [-0.1, -0.05) is 6.07 Å². The number of halogens is 1. The number of ether oxygens (including phenoxy) is 1. The van der Waals surface area contributed by atoms with Gasteiger partial charge in [-0.25, -0.2) is 0 Å². The van der Waals surface area contributed by atoms with Crippen molar-refractivity contribution in [1.82, 2.24) is 4.98 Å². The molecule has 3 aromatic rings. The van der Waals surface area contributed by atoms with E-state index in [1.165, 1.54) is 0 Å². The molecule has 5 heteroatoms. The first kappa shape index (κ1) is 14.3. The van der Waals surface area contributed by atoms with E-state index in [9.17, 15) is 5.11 Å². The number of pyridine rings is 1. The number of hydrogen-bond acceptors (Lipinski definition) is 4. The lowest BCUT2D eigenvalue weighted by molar-refractivity contribution is 0.0938. The topological polar surface area (TPSA) is 55.5 Å². The summed E-state index contributed by atoms with van der Waals surface area (Å²) in [4.78, 5) is 4.04. The van der Waals surface area contributed by atoms with Gasteiger partial charge in [0.2, 0.25) is 0 Å². The summed E-state index contributed by atoms with van der Waals surface area (Å²) < 4.78 is 12.2. The molecule has 108 valence electrons. The largest absolute Gasteiger partial charge is 0.457 e. The van der Waals surface area contributed by atoms with Crippen LogP contribution in [0.5, 0.6) is 0 Å². The van der Waals surface area contributed by atoms with Crippen LogP contribution >= 0.6 is 15.9 Å². The van der Waals surface area contributed by atoms with Gasteiger partial charge >= 0.3 is 0 Å². The van der Waals surface area contributed by atoms with Gasteiger partial charge in [0.15, 0.2) is 0 Å². The third-order valence-electron chi connectivity index (χ3n) is 3.10. The minimum Gasteiger partial charge on any atom is -0.457 e. The molecule has 0 spiro atoms. The van der Waals surface area contributed by atoms with Crippen molar-refractivity contribution in [3.05, 3.63) is 64.1 Å². The fraction of sp³-hybridized carbons (Fsp3) is 0.188. The van der Waals surface area contributed by atoms with Crippen molar-refractivity contribution < 1.29 is 14.3 Å². The van der Waals surface area contributed by atoms with Crippen LogP contribution in [-0.4, -0.2) is 10.1 Å². The summed E-state index contributed by atoms with van der Waals surface area (Å²) in [5, 5.41) is 10.2. The van der Waals surface area contributed by atoms with E-state index in [1.807, 2.05) is 30.3 Å².